The Hall–Kier alpha value is -1.48. The normalized spacial score (nSPS) is 10.9. The van der Waals surface area contributed by atoms with Crippen LogP contribution in [0.25, 0.3) is 10.6 Å². The van der Waals surface area contributed by atoms with Crippen molar-refractivity contribution in [3.8, 4) is 10.6 Å². The molecule has 1 aromatic carbocycles. The van der Waals surface area contributed by atoms with Gasteiger partial charge in [0.25, 0.3) is 0 Å². The van der Waals surface area contributed by atoms with E-state index in [0.29, 0.717) is 11.6 Å². The van der Waals surface area contributed by atoms with Crippen LogP contribution in [-0.2, 0) is 6.42 Å². The van der Waals surface area contributed by atoms with E-state index in [9.17, 15) is 4.79 Å². The highest BCUT2D eigenvalue weighted by atomic mass is 32.1. The summed E-state index contributed by atoms with van der Waals surface area (Å²) in [7, 11) is 0. The molecule has 0 unspecified atom stereocenters. The molecule has 94 valence electrons. The first kappa shape index (κ1) is 13.0. The topological polar surface area (TPSA) is 30.0 Å². The Kier molecular flexibility index (Phi) is 3.92. The second kappa shape index (κ2) is 5.44. The Morgan fingerprint density at radius 2 is 1.94 bits per heavy atom. The molecule has 0 N–H and O–H groups in total. The van der Waals surface area contributed by atoms with E-state index in [1.807, 2.05) is 0 Å². The van der Waals surface area contributed by atoms with Crippen molar-refractivity contribution < 1.29 is 4.79 Å². The van der Waals surface area contributed by atoms with Gasteiger partial charge in [-0.05, 0) is 19.3 Å². The van der Waals surface area contributed by atoms with Crippen LogP contribution < -0.4 is 0 Å². The number of rotatable bonds is 4. The van der Waals surface area contributed by atoms with E-state index < -0.39 is 0 Å². The Balaban J connectivity index is 2.37. The van der Waals surface area contributed by atoms with Gasteiger partial charge in [-0.2, -0.15) is 0 Å². The number of aryl methyl sites for hydroxylation is 1. The van der Waals surface area contributed by atoms with Crippen molar-refractivity contribution in [2.75, 3.05) is 0 Å². The first-order valence-corrected chi connectivity index (χ1v) is 6.93. The number of nitrogens with zero attached hydrogens (tertiary/aromatic N) is 1. The molecule has 0 aliphatic heterocycles. The zero-order valence-corrected chi connectivity index (χ0v) is 11.8. The monoisotopic (exact) mass is 259 g/mol. The third kappa shape index (κ3) is 2.85. The largest absolute Gasteiger partial charge is 0.296 e. The van der Waals surface area contributed by atoms with Crippen LogP contribution in [0.5, 0.6) is 0 Å². The highest BCUT2D eigenvalue weighted by Crippen LogP contribution is 2.29. The summed E-state index contributed by atoms with van der Waals surface area (Å²) in [5, 5.41) is 0.938. The molecule has 1 aromatic heterocycles. The second-order valence-electron chi connectivity index (χ2n) is 4.91. The maximum atomic E-state index is 11.1. The second-order valence-corrected chi connectivity index (χ2v) is 5.99. The van der Waals surface area contributed by atoms with Gasteiger partial charge in [-0.25, -0.2) is 4.98 Å². The SMILES string of the molecule is Cc1ccc(-c2nc(C=O)c(CC(C)C)s2)cc1. The van der Waals surface area contributed by atoms with Crippen molar-refractivity contribution in [2.45, 2.75) is 27.2 Å². The van der Waals surface area contributed by atoms with E-state index in [0.717, 1.165) is 28.2 Å². The molecule has 2 nitrogen and oxygen atoms in total. The molecule has 0 aliphatic carbocycles. The van der Waals surface area contributed by atoms with Gasteiger partial charge in [0.05, 0.1) is 0 Å². The molecule has 0 amide bonds. The number of carbonyl (C=O) groups is 1. The fraction of sp³-hybridized carbons (Fsp3) is 0.333. The number of hydrogen-bond donors (Lipinski definition) is 0. The summed E-state index contributed by atoms with van der Waals surface area (Å²) in [6, 6.07) is 8.25. The molecule has 1 heterocycles. The van der Waals surface area contributed by atoms with Crippen LogP contribution in [0.4, 0.5) is 0 Å². The van der Waals surface area contributed by atoms with Crippen LogP contribution in [0.2, 0.25) is 0 Å². The van der Waals surface area contributed by atoms with Crippen LogP contribution in [0.1, 0.15) is 34.8 Å². The van der Waals surface area contributed by atoms with Crippen LogP contribution >= 0.6 is 11.3 Å². The van der Waals surface area contributed by atoms with Gasteiger partial charge >= 0.3 is 0 Å². The van der Waals surface area contributed by atoms with Gasteiger partial charge in [0, 0.05) is 10.4 Å². The first-order chi connectivity index (χ1) is 8.60. The van der Waals surface area contributed by atoms with E-state index in [2.05, 4.69) is 50.0 Å². The third-order valence-corrected chi connectivity index (χ3v) is 3.87. The summed E-state index contributed by atoms with van der Waals surface area (Å²) >= 11 is 1.63. The van der Waals surface area contributed by atoms with Crippen molar-refractivity contribution >= 4 is 17.6 Å². The highest BCUT2D eigenvalue weighted by molar-refractivity contribution is 7.15. The summed E-state index contributed by atoms with van der Waals surface area (Å²) in [4.78, 5) is 16.6. The predicted molar refractivity (Wildman–Crippen MR) is 76.2 cm³/mol. The van der Waals surface area contributed by atoms with Crippen LogP contribution in [0, 0.1) is 12.8 Å². The van der Waals surface area contributed by atoms with Crippen molar-refractivity contribution in [2.24, 2.45) is 5.92 Å². The van der Waals surface area contributed by atoms with E-state index in [-0.39, 0.29) is 0 Å². The Bertz CT molecular complexity index is 540. The minimum atomic E-state index is 0.537. The molecule has 0 saturated carbocycles. The predicted octanol–water partition coefficient (Wildman–Crippen LogP) is 4.13. The number of thiazole rings is 1. The molecule has 3 heteroatoms. The standard InChI is InChI=1S/C15H17NOS/c1-10(2)8-14-13(9-17)16-15(18-14)12-6-4-11(3)5-7-12/h4-7,9-10H,8H2,1-3H3. The quantitative estimate of drug-likeness (QED) is 0.773. The number of benzene rings is 1. The summed E-state index contributed by atoms with van der Waals surface area (Å²) < 4.78 is 0. The van der Waals surface area contributed by atoms with E-state index in [4.69, 9.17) is 0 Å². The highest BCUT2D eigenvalue weighted by Gasteiger charge is 2.12. The molecule has 0 bridgehead atoms. The first-order valence-electron chi connectivity index (χ1n) is 6.12. The minimum absolute atomic E-state index is 0.537. The molecule has 2 aromatic rings. The van der Waals surface area contributed by atoms with Crippen molar-refractivity contribution in [3.63, 3.8) is 0 Å². The Morgan fingerprint density at radius 3 is 2.50 bits per heavy atom. The molecule has 0 spiro atoms. The van der Waals surface area contributed by atoms with E-state index in [1.54, 1.807) is 11.3 Å². The summed E-state index contributed by atoms with van der Waals surface area (Å²) in [6.07, 6.45) is 1.78. The molecule has 0 aliphatic rings. The lowest BCUT2D eigenvalue weighted by atomic mass is 10.1. The lowest BCUT2D eigenvalue weighted by Gasteiger charge is -2.00. The Morgan fingerprint density at radius 1 is 1.28 bits per heavy atom. The average molecular weight is 259 g/mol. The summed E-state index contributed by atoms with van der Waals surface area (Å²) in [5.74, 6) is 0.537. The van der Waals surface area contributed by atoms with Gasteiger partial charge in [-0.15, -0.1) is 11.3 Å². The van der Waals surface area contributed by atoms with Gasteiger partial charge < -0.3 is 0 Å². The van der Waals surface area contributed by atoms with Crippen molar-refractivity contribution in [1.29, 1.82) is 0 Å². The summed E-state index contributed by atoms with van der Waals surface area (Å²) in [6.45, 7) is 6.37. The smallest absolute Gasteiger partial charge is 0.169 e. The maximum absolute atomic E-state index is 11.1. The lowest BCUT2D eigenvalue weighted by molar-refractivity contribution is 0.111. The van der Waals surface area contributed by atoms with Gasteiger partial charge in [0.1, 0.15) is 10.7 Å². The third-order valence-electron chi connectivity index (χ3n) is 2.73. The number of carbonyl (C=O) groups excluding carboxylic acids is 1. The fourth-order valence-electron chi connectivity index (χ4n) is 1.79. The molecule has 0 fully saturated rings. The molecule has 0 saturated heterocycles. The van der Waals surface area contributed by atoms with Crippen LogP contribution in [-0.4, -0.2) is 11.3 Å². The molecule has 18 heavy (non-hydrogen) atoms. The lowest BCUT2D eigenvalue weighted by Crippen LogP contribution is -1.95. The van der Waals surface area contributed by atoms with Crippen molar-refractivity contribution in [1.82, 2.24) is 4.98 Å². The van der Waals surface area contributed by atoms with Crippen molar-refractivity contribution in [3.05, 3.63) is 40.4 Å². The fourth-order valence-corrected chi connectivity index (χ4v) is 3.04. The van der Waals surface area contributed by atoms with Crippen LogP contribution in [0.3, 0.4) is 0 Å². The molecular formula is C15H17NOS. The van der Waals surface area contributed by atoms with Gasteiger partial charge in [0.15, 0.2) is 6.29 Å². The van der Waals surface area contributed by atoms with E-state index in [1.165, 1.54) is 5.56 Å². The number of aldehydes is 1. The molecule has 2 rings (SSSR count). The van der Waals surface area contributed by atoms with Gasteiger partial charge in [-0.1, -0.05) is 43.7 Å². The zero-order valence-electron chi connectivity index (χ0n) is 10.9. The Labute approximate surface area is 112 Å². The molecule has 0 radical (unpaired) electrons. The minimum Gasteiger partial charge on any atom is -0.296 e. The maximum Gasteiger partial charge on any atom is 0.169 e. The molecular weight excluding hydrogens is 242 g/mol. The van der Waals surface area contributed by atoms with Gasteiger partial charge in [0.2, 0.25) is 0 Å². The number of aromatic nitrogens is 1. The van der Waals surface area contributed by atoms with Crippen LogP contribution in [0.15, 0.2) is 24.3 Å². The average Bonchev–Trinajstić information content (AvgIpc) is 2.72. The number of hydrogen-bond acceptors (Lipinski definition) is 3. The molecule has 0 atom stereocenters. The van der Waals surface area contributed by atoms with E-state index >= 15 is 0 Å². The summed E-state index contributed by atoms with van der Waals surface area (Å²) in [5.41, 5.74) is 2.92. The zero-order chi connectivity index (χ0) is 13.1. The van der Waals surface area contributed by atoms with Gasteiger partial charge in [-0.3, -0.25) is 4.79 Å².